The molecule has 3 rings (SSSR count). The molecule has 0 radical (unpaired) electrons. The Balaban J connectivity index is 1.46. The van der Waals surface area contributed by atoms with Gasteiger partial charge in [-0.15, -0.1) is 16.4 Å². The molecule has 1 aromatic carbocycles. The van der Waals surface area contributed by atoms with Crippen molar-refractivity contribution in [2.75, 3.05) is 13.2 Å². The third-order valence-electron chi connectivity index (χ3n) is 3.61. The predicted octanol–water partition coefficient (Wildman–Crippen LogP) is 1.61. The molecule has 0 atom stereocenters. The van der Waals surface area contributed by atoms with Crippen LogP contribution in [0.4, 0.5) is 4.39 Å². The summed E-state index contributed by atoms with van der Waals surface area (Å²) in [5.41, 5.74) is 0.385. The maximum absolute atomic E-state index is 12.9. The molecule has 28 heavy (non-hydrogen) atoms. The number of ether oxygens (including phenoxy) is 1. The van der Waals surface area contributed by atoms with Gasteiger partial charge in [0.2, 0.25) is 5.89 Å². The number of nitrogens with one attached hydrogen (secondary N) is 1. The zero-order valence-corrected chi connectivity index (χ0v) is 15.4. The Bertz CT molecular complexity index is 995. The summed E-state index contributed by atoms with van der Waals surface area (Å²) in [6.07, 6.45) is 0.692. The van der Waals surface area contributed by atoms with Gasteiger partial charge in [-0.25, -0.2) is 9.18 Å². The van der Waals surface area contributed by atoms with E-state index < -0.39 is 36.6 Å². The number of carbonyl (C=O) groups excluding carboxylic acids is 2. The van der Waals surface area contributed by atoms with Crippen molar-refractivity contribution in [2.24, 2.45) is 0 Å². The molecule has 2 heterocycles. The first-order valence-electron chi connectivity index (χ1n) is 8.30. The summed E-state index contributed by atoms with van der Waals surface area (Å²) in [7, 11) is 0. The van der Waals surface area contributed by atoms with E-state index in [9.17, 15) is 18.8 Å². The van der Waals surface area contributed by atoms with Crippen LogP contribution in [0, 0.1) is 5.82 Å². The van der Waals surface area contributed by atoms with Crippen molar-refractivity contribution in [1.82, 2.24) is 15.1 Å². The van der Waals surface area contributed by atoms with Gasteiger partial charge in [0.1, 0.15) is 12.4 Å². The molecular formula is C18H16FN3O5S. The molecule has 0 unspecified atom stereocenters. The lowest BCUT2D eigenvalue weighted by Crippen LogP contribution is -2.31. The maximum atomic E-state index is 12.9. The summed E-state index contributed by atoms with van der Waals surface area (Å²) in [5.74, 6) is -2.61. The van der Waals surface area contributed by atoms with E-state index in [4.69, 9.17) is 9.15 Å². The molecule has 0 bridgehead atoms. The predicted molar refractivity (Wildman–Crippen MR) is 98.1 cm³/mol. The van der Waals surface area contributed by atoms with Crippen molar-refractivity contribution in [1.29, 1.82) is 0 Å². The number of rotatable bonds is 8. The molecule has 2 aromatic heterocycles. The quantitative estimate of drug-likeness (QED) is 0.571. The smallest absolute Gasteiger partial charge is 0.437 e. The van der Waals surface area contributed by atoms with Gasteiger partial charge in [-0.3, -0.25) is 9.59 Å². The highest BCUT2D eigenvalue weighted by Crippen LogP contribution is 2.15. The van der Waals surface area contributed by atoms with Gasteiger partial charge in [-0.2, -0.15) is 4.68 Å². The number of halogens is 1. The van der Waals surface area contributed by atoms with Crippen LogP contribution in [0.3, 0.4) is 0 Å². The number of aromatic nitrogens is 2. The van der Waals surface area contributed by atoms with Crippen molar-refractivity contribution in [2.45, 2.75) is 13.0 Å². The second kappa shape index (κ2) is 9.09. The van der Waals surface area contributed by atoms with Gasteiger partial charge in [0, 0.05) is 17.0 Å². The van der Waals surface area contributed by atoms with Crippen LogP contribution in [0.15, 0.2) is 51.0 Å². The number of nitrogens with zero attached hydrogens (tertiary/aromatic N) is 2. The van der Waals surface area contributed by atoms with E-state index in [1.165, 1.54) is 24.3 Å². The van der Waals surface area contributed by atoms with Gasteiger partial charge in [0.25, 0.3) is 5.91 Å². The molecule has 146 valence electrons. The summed E-state index contributed by atoms with van der Waals surface area (Å²) >= 11 is 1.59. The molecule has 10 heteroatoms. The fourth-order valence-electron chi connectivity index (χ4n) is 2.26. The number of hydrogen-bond acceptors (Lipinski definition) is 7. The highest BCUT2D eigenvalue weighted by Gasteiger charge is 2.15. The summed E-state index contributed by atoms with van der Waals surface area (Å²) in [6, 6.07) is 9.07. The van der Waals surface area contributed by atoms with E-state index in [1.807, 2.05) is 17.5 Å². The van der Waals surface area contributed by atoms with Crippen molar-refractivity contribution >= 4 is 23.2 Å². The van der Waals surface area contributed by atoms with Crippen LogP contribution < -0.4 is 11.1 Å². The molecule has 0 fully saturated rings. The lowest BCUT2D eigenvalue weighted by atomic mass is 10.2. The third kappa shape index (κ3) is 5.36. The second-order valence-corrected chi connectivity index (χ2v) is 6.71. The number of benzene rings is 1. The van der Waals surface area contributed by atoms with Crippen molar-refractivity contribution < 1.29 is 23.1 Å². The highest BCUT2D eigenvalue weighted by molar-refractivity contribution is 7.09. The van der Waals surface area contributed by atoms with Crippen LogP contribution in [-0.4, -0.2) is 34.8 Å². The van der Waals surface area contributed by atoms with Gasteiger partial charge in [0.15, 0.2) is 6.61 Å². The highest BCUT2D eigenvalue weighted by atomic mass is 32.1. The zero-order chi connectivity index (χ0) is 19.9. The van der Waals surface area contributed by atoms with E-state index in [2.05, 4.69) is 10.4 Å². The first-order valence-corrected chi connectivity index (χ1v) is 9.18. The Labute approximate surface area is 162 Å². The van der Waals surface area contributed by atoms with E-state index in [1.54, 1.807) is 11.3 Å². The van der Waals surface area contributed by atoms with Crippen LogP contribution in [0.1, 0.15) is 4.88 Å². The third-order valence-corrected chi connectivity index (χ3v) is 4.55. The van der Waals surface area contributed by atoms with Gasteiger partial charge in [-0.1, -0.05) is 6.07 Å². The van der Waals surface area contributed by atoms with E-state index >= 15 is 0 Å². The number of carbonyl (C=O) groups is 2. The van der Waals surface area contributed by atoms with Gasteiger partial charge in [-0.05, 0) is 42.1 Å². The lowest BCUT2D eigenvalue weighted by Gasteiger charge is -2.05. The van der Waals surface area contributed by atoms with Crippen LogP contribution in [0.2, 0.25) is 0 Å². The number of esters is 1. The summed E-state index contributed by atoms with van der Waals surface area (Å²) in [6.45, 7) is -0.534. The Morgan fingerprint density at radius 3 is 2.75 bits per heavy atom. The van der Waals surface area contributed by atoms with Gasteiger partial charge < -0.3 is 14.5 Å². The van der Waals surface area contributed by atoms with Crippen LogP contribution in [-0.2, 0) is 27.3 Å². The monoisotopic (exact) mass is 405 g/mol. The van der Waals surface area contributed by atoms with E-state index in [-0.39, 0.29) is 5.89 Å². The second-order valence-electron chi connectivity index (χ2n) is 5.68. The molecule has 0 saturated carbocycles. The minimum Gasteiger partial charge on any atom is -0.454 e. The molecule has 8 nitrogen and oxygen atoms in total. The van der Waals surface area contributed by atoms with Crippen molar-refractivity contribution in [3.05, 3.63) is 63.0 Å². The van der Waals surface area contributed by atoms with Gasteiger partial charge in [0.05, 0.1) is 0 Å². The van der Waals surface area contributed by atoms with Crippen molar-refractivity contribution in [3.8, 4) is 11.5 Å². The van der Waals surface area contributed by atoms with Crippen LogP contribution in [0.5, 0.6) is 0 Å². The molecular weight excluding hydrogens is 389 g/mol. The summed E-state index contributed by atoms with van der Waals surface area (Å²) in [5, 5.41) is 8.46. The molecule has 0 aliphatic carbocycles. The molecule has 1 N–H and O–H groups in total. The Morgan fingerprint density at radius 2 is 2.04 bits per heavy atom. The molecule has 3 aromatic rings. The Kier molecular flexibility index (Phi) is 6.33. The summed E-state index contributed by atoms with van der Waals surface area (Å²) in [4.78, 5) is 36.4. The molecule has 0 aliphatic heterocycles. The lowest BCUT2D eigenvalue weighted by molar-refractivity contribution is -0.149. The Hall–Kier alpha value is -3.27. The zero-order valence-electron chi connectivity index (χ0n) is 14.6. The van der Waals surface area contributed by atoms with Crippen LogP contribution in [0.25, 0.3) is 11.5 Å². The number of amides is 1. The Morgan fingerprint density at radius 1 is 1.25 bits per heavy atom. The minimum atomic E-state index is -0.864. The van der Waals surface area contributed by atoms with Crippen molar-refractivity contribution in [3.63, 3.8) is 0 Å². The average Bonchev–Trinajstić information content (AvgIpc) is 3.31. The summed E-state index contributed by atoms with van der Waals surface area (Å²) < 4.78 is 23.5. The standard InChI is InChI=1S/C18H16FN3O5S/c19-13-5-3-12(4-6-13)17-21-22(18(25)27-17)10-16(24)26-11-15(23)20-8-7-14-2-1-9-28-14/h1-6,9H,7-8,10-11H2,(H,20,23). The first-order chi connectivity index (χ1) is 13.5. The SMILES string of the molecule is O=C(COC(=O)Cn1nc(-c2ccc(F)cc2)oc1=O)NCCc1cccs1. The molecule has 0 spiro atoms. The topological polar surface area (TPSA) is 103 Å². The first kappa shape index (κ1) is 19.5. The molecule has 1 amide bonds. The minimum absolute atomic E-state index is 0.0517. The average molecular weight is 405 g/mol. The number of thiophene rings is 1. The van der Waals surface area contributed by atoms with Crippen LogP contribution >= 0.6 is 11.3 Å². The fourth-order valence-corrected chi connectivity index (χ4v) is 2.97. The largest absolute Gasteiger partial charge is 0.454 e. The molecule has 0 saturated heterocycles. The van der Waals surface area contributed by atoms with Gasteiger partial charge >= 0.3 is 11.7 Å². The molecule has 0 aliphatic rings. The maximum Gasteiger partial charge on any atom is 0.437 e. The number of hydrogen-bond donors (Lipinski definition) is 1. The van der Waals surface area contributed by atoms with E-state index in [0.717, 1.165) is 9.56 Å². The normalized spacial score (nSPS) is 10.6. The fraction of sp³-hybridized carbons (Fsp3) is 0.222. The van der Waals surface area contributed by atoms with E-state index in [0.29, 0.717) is 18.5 Å².